The number of benzene rings is 1. The molecule has 0 saturated carbocycles. The summed E-state index contributed by atoms with van der Waals surface area (Å²) in [5, 5.41) is 2.91. The number of pyridine rings is 1. The molecule has 0 saturated heterocycles. The van der Waals surface area contributed by atoms with E-state index in [1.807, 2.05) is 79.0 Å². The molecule has 1 aromatic carbocycles. The minimum Gasteiger partial charge on any atom is -0.494 e. The van der Waals surface area contributed by atoms with Gasteiger partial charge in [0.25, 0.3) is 5.91 Å². The molecule has 2 heterocycles. The maximum Gasteiger partial charge on any atom is 0.276 e. The van der Waals surface area contributed by atoms with Gasteiger partial charge in [0.15, 0.2) is 5.69 Å². The summed E-state index contributed by atoms with van der Waals surface area (Å²) in [5.74, 6) is 0.561. The van der Waals surface area contributed by atoms with Crippen LogP contribution in [0.1, 0.15) is 23.1 Å². The molecule has 0 bridgehead atoms. The van der Waals surface area contributed by atoms with E-state index in [9.17, 15) is 4.79 Å². The Morgan fingerprint density at radius 1 is 1.20 bits per heavy atom. The Labute approximate surface area is 147 Å². The average Bonchev–Trinajstić information content (AvgIpc) is 2.95. The van der Waals surface area contributed by atoms with Gasteiger partial charge >= 0.3 is 0 Å². The molecule has 0 atom stereocenters. The van der Waals surface area contributed by atoms with Gasteiger partial charge in [-0.25, -0.2) is 4.98 Å². The summed E-state index contributed by atoms with van der Waals surface area (Å²) in [4.78, 5) is 19.3. The number of rotatable bonds is 6. The van der Waals surface area contributed by atoms with Crippen molar-refractivity contribution in [2.45, 2.75) is 13.5 Å². The zero-order chi connectivity index (χ0) is 17.8. The molecule has 2 aromatic heterocycles. The Balaban J connectivity index is 1.88. The summed E-state index contributed by atoms with van der Waals surface area (Å²) in [6, 6.07) is 13.1. The Kier molecular flexibility index (Phi) is 5.00. The van der Waals surface area contributed by atoms with Gasteiger partial charge in [-0.15, -0.1) is 0 Å². The minimum atomic E-state index is -0.218. The van der Waals surface area contributed by atoms with Crippen LogP contribution in [0.5, 0.6) is 5.75 Å². The van der Waals surface area contributed by atoms with Gasteiger partial charge in [0, 0.05) is 18.4 Å². The van der Waals surface area contributed by atoms with E-state index in [0.717, 1.165) is 17.1 Å². The van der Waals surface area contributed by atoms with Crippen molar-refractivity contribution in [2.75, 3.05) is 26.0 Å². The van der Waals surface area contributed by atoms with Gasteiger partial charge in [-0.1, -0.05) is 6.07 Å². The van der Waals surface area contributed by atoms with E-state index >= 15 is 0 Å². The van der Waals surface area contributed by atoms with Crippen LogP contribution in [-0.4, -0.2) is 40.9 Å². The lowest BCUT2D eigenvalue weighted by Gasteiger charge is -2.11. The number of aromatic nitrogens is 2. The Bertz CT molecular complexity index is 869. The fourth-order valence-electron chi connectivity index (χ4n) is 2.67. The molecule has 0 aliphatic rings. The van der Waals surface area contributed by atoms with Gasteiger partial charge in [-0.2, -0.15) is 0 Å². The van der Waals surface area contributed by atoms with Crippen molar-refractivity contribution >= 4 is 17.2 Å². The third kappa shape index (κ3) is 3.80. The monoisotopic (exact) mass is 338 g/mol. The minimum absolute atomic E-state index is 0.218. The molecule has 6 heteroatoms. The standard InChI is InChI=1S/C19H22N4O2/c1-4-25-15-10-8-14(9-11-15)20-19(24)18-16(13-22(2)3)23-12-6-5-7-17(23)21-18/h5-12H,4,13H2,1-3H3,(H,20,24). The van der Waals surface area contributed by atoms with E-state index < -0.39 is 0 Å². The predicted octanol–water partition coefficient (Wildman–Crippen LogP) is 3.05. The maximum atomic E-state index is 12.8. The Morgan fingerprint density at radius 3 is 2.64 bits per heavy atom. The molecule has 0 radical (unpaired) electrons. The van der Waals surface area contributed by atoms with E-state index in [-0.39, 0.29) is 5.91 Å². The summed E-state index contributed by atoms with van der Waals surface area (Å²) in [5.41, 5.74) is 2.77. The number of carbonyl (C=O) groups is 1. The quantitative estimate of drug-likeness (QED) is 0.750. The number of fused-ring (bicyclic) bond motifs is 1. The van der Waals surface area contributed by atoms with Crippen molar-refractivity contribution in [2.24, 2.45) is 0 Å². The number of hydrogen-bond donors (Lipinski definition) is 1. The first kappa shape index (κ1) is 17.0. The maximum absolute atomic E-state index is 12.8. The van der Waals surface area contributed by atoms with Crippen LogP contribution in [0.4, 0.5) is 5.69 Å². The molecule has 25 heavy (non-hydrogen) atoms. The molecule has 3 rings (SSSR count). The van der Waals surface area contributed by atoms with Crippen molar-refractivity contribution in [3.05, 3.63) is 60.0 Å². The Morgan fingerprint density at radius 2 is 1.96 bits per heavy atom. The number of imidazole rings is 1. The van der Waals surface area contributed by atoms with Crippen molar-refractivity contribution in [1.82, 2.24) is 14.3 Å². The number of amides is 1. The van der Waals surface area contributed by atoms with Crippen molar-refractivity contribution in [3.63, 3.8) is 0 Å². The molecule has 0 unspecified atom stereocenters. The lowest BCUT2D eigenvalue weighted by molar-refractivity contribution is 0.102. The van der Waals surface area contributed by atoms with Gasteiger partial charge in [0.1, 0.15) is 11.4 Å². The first-order valence-corrected chi connectivity index (χ1v) is 8.23. The molecule has 130 valence electrons. The van der Waals surface area contributed by atoms with Crippen LogP contribution in [0.3, 0.4) is 0 Å². The third-order valence-electron chi connectivity index (χ3n) is 3.73. The van der Waals surface area contributed by atoms with Crippen LogP contribution in [0, 0.1) is 0 Å². The lowest BCUT2D eigenvalue weighted by Crippen LogP contribution is -2.19. The normalized spacial score (nSPS) is 11.0. The zero-order valence-electron chi connectivity index (χ0n) is 14.7. The van der Waals surface area contributed by atoms with Gasteiger partial charge in [0.05, 0.1) is 12.3 Å². The number of ether oxygens (including phenoxy) is 1. The fraction of sp³-hybridized carbons (Fsp3) is 0.263. The second-order valence-electron chi connectivity index (χ2n) is 5.99. The molecule has 0 fully saturated rings. The van der Waals surface area contributed by atoms with Gasteiger partial charge in [0.2, 0.25) is 0 Å². The summed E-state index contributed by atoms with van der Waals surface area (Å²) in [6.07, 6.45) is 1.93. The second kappa shape index (κ2) is 7.36. The lowest BCUT2D eigenvalue weighted by atomic mass is 10.2. The van der Waals surface area contributed by atoms with Crippen molar-refractivity contribution < 1.29 is 9.53 Å². The molecular formula is C19H22N4O2. The molecule has 1 N–H and O–H groups in total. The van der Waals surface area contributed by atoms with Gasteiger partial charge in [-0.05, 0) is 57.4 Å². The van der Waals surface area contributed by atoms with E-state index in [1.54, 1.807) is 0 Å². The van der Waals surface area contributed by atoms with Crippen LogP contribution in [-0.2, 0) is 6.54 Å². The number of carbonyl (C=O) groups excluding carboxylic acids is 1. The summed E-state index contributed by atoms with van der Waals surface area (Å²) in [6.45, 7) is 3.17. The molecule has 0 spiro atoms. The van der Waals surface area contributed by atoms with E-state index in [0.29, 0.717) is 24.5 Å². The van der Waals surface area contributed by atoms with Crippen LogP contribution < -0.4 is 10.1 Å². The molecule has 3 aromatic rings. The highest BCUT2D eigenvalue weighted by Crippen LogP contribution is 2.19. The van der Waals surface area contributed by atoms with Gasteiger partial charge in [-0.3, -0.25) is 4.79 Å². The van der Waals surface area contributed by atoms with E-state index in [4.69, 9.17) is 4.74 Å². The topological polar surface area (TPSA) is 58.9 Å². The zero-order valence-corrected chi connectivity index (χ0v) is 14.7. The highest BCUT2D eigenvalue weighted by Gasteiger charge is 2.19. The first-order chi connectivity index (χ1) is 12.1. The highest BCUT2D eigenvalue weighted by atomic mass is 16.5. The summed E-state index contributed by atoms with van der Waals surface area (Å²) >= 11 is 0. The second-order valence-corrected chi connectivity index (χ2v) is 5.99. The summed E-state index contributed by atoms with van der Waals surface area (Å²) < 4.78 is 7.37. The van der Waals surface area contributed by atoms with E-state index in [1.165, 1.54) is 0 Å². The molecule has 0 aliphatic heterocycles. The largest absolute Gasteiger partial charge is 0.494 e. The van der Waals surface area contributed by atoms with E-state index in [2.05, 4.69) is 10.3 Å². The Hall–Kier alpha value is -2.86. The smallest absolute Gasteiger partial charge is 0.276 e. The molecule has 1 amide bonds. The van der Waals surface area contributed by atoms with Crippen LogP contribution in [0.15, 0.2) is 48.7 Å². The first-order valence-electron chi connectivity index (χ1n) is 8.23. The highest BCUT2D eigenvalue weighted by molar-refractivity contribution is 6.04. The number of nitrogens with one attached hydrogen (secondary N) is 1. The summed E-state index contributed by atoms with van der Waals surface area (Å²) in [7, 11) is 3.94. The molecule has 6 nitrogen and oxygen atoms in total. The fourth-order valence-corrected chi connectivity index (χ4v) is 2.67. The SMILES string of the molecule is CCOc1ccc(NC(=O)c2nc3ccccn3c2CN(C)C)cc1. The third-order valence-corrected chi connectivity index (χ3v) is 3.73. The molecule has 0 aliphatic carbocycles. The molecular weight excluding hydrogens is 316 g/mol. The predicted molar refractivity (Wildman–Crippen MR) is 98.1 cm³/mol. The van der Waals surface area contributed by atoms with Crippen LogP contribution in [0.2, 0.25) is 0 Å². The van der Waals surface area contributed by atoms with Crippen molar-refractivity contribution in [3.8, 4) is 5.75 Å². The number of nitrogens with zero attached hydrogens (tertiary/aromatic N) is 3. The van der Waals surface area contributed by atoms with Gasteiger partial charge < -0.3 is 19.4 Å². The van der Waals surface area contributed by atoms with Crippen molar-refractivity contribution in [1.29, 1.82) is 0 Å². The van der Waals surface area contributed by atoms with Crippen LogP contribution in [0.25, 0.3) is 5.65 Å². The average molecular weight is 338 g/mol. The number of anilines is 1. The number of hydrogen-bond acceptors (Lipinski definition) is 4. The van der Waals surface area contributed by atoms with Crippen LogP contribution >= 0.6 is 0 Å².